The molecule has 0 unspecified atom stereocenters. The van der Waals surface area contributed by atoms with Crippen LogP contribution < -0.4 is 4.74 Å². The number of carbonyl (C=O) groups is 1. The van der Waals surface area contributed by atoms with E-state index < -0.39 is 5.41 Å². The molecule has 0 fully saturated rings. The quantitative estimate of drug-likeness (QED) is 0.218. The van der Waals surface area contributed by atoms with Crippen molar-refractivity contribution in [3.8, 4) is 11.6 Å². The standard InChI is InChI=1S/C14H9N2O.C11H20O2.Ir/c1-2-5-12-9-16-14(8-11(12)4-1)17-13-6-3-7-15-10-13;1-10(2,3)8(12)7-9(13)11(4,5)6;/h1-9H;7,12H,1-6H3;/q-1;;/b;8-7-;. The van der Waals surface area contributed by atoms with Crippen LogP contribution in [-0.2, 0) is 24.9 Å². The molecular weight excluding hydrogens is 569 g/mol. The van der Waals surface area contributed by atoms with Gasteiger partial charge in [0.1, 0.15) is 5.76 Å². The van der Waals surface area contributed by atoms with Gasteiger partial charge in [-0.25, -0.2) is 4.98 Å². The maximum Gasteiger partial charge on any atom is 0.217 e. The molecule has 3 aromatic rings. The average molecular weight is 598 g/mol. The summed E-state index contributed by atoms with van der Waals surface area (Å²) in [6, 6.07) is 13.5. The van der Waals surface area contributed by atoms with E-state index in [1.807, 2.05) is 71.9 Å². The second-order valence-corrected chi connectivity index (χ2v) is 8.98. The van der Waals surface area contributed by atoms with E-state index in [9.17, 15) is 9.90 Å². The Morgan fingerprint density at radius 1 is 1.00 bits per heavy atom. The van der Waals surface area contributed by atoms with Gasteiger partial charge < -0.3 is 14.8 Å². The van der Waals surface area contributed by atoms with Crippen LogP contribution in [0.5, 0.6) is 11.6 Å². The molecule has 0 atom stereocenters. The largest absolute Gasteiger partial charge is 0.512 e. The molecule has 0 saturated carbocycles. The number of aromatic nitrogens is 2. The van der Waals surface area contributed by atoms with Gasteiger partial charge in [0.2, 0.25) is 5.88 Å². The van der Waals surface area contributed by atoms with E-state index in [1.54, 1.807) is 24.5 Å². The number of rotatable bonds is 3. The van der Waals surface area contributed by atoms with Gasteiger partial charge in [0.25, 0.3) is 0 Å². The van der Waals surface area contributed by atoms with E-state index >= 15 is 0 Å². The summed E-state index contributed by atoms with van der Waals surface area (Å²) in [7, 11) is 0. The monoisotopic (exact) mass is 598 g/mol. The van der Waals surface area contributed by atoms with Crippen LogP contribution in [0, 0.1) is 17.0 Å². The van der Waals surface area contributed by atoms with Gasteiger partial charge in [-0.2, -0.15) is 6.07 Å². The molecule has 1 radical (unpaired) electrons. The molecule has 5 nitrogen and oxygen atoms in total. The Morgan fingerprint density at radius 3 is 2.19 bits per heavy atom. The number of hydrogen-bond acceptors (Lipinski definition) is 5. The Bertz CT molecular complexity index is 1020. The van der Waals surface area contributed by atoms with Gasteiger partial charge in [-0.05, 0) is 11.6 Å². The molecule has 0 bridgehead atoms. The first-order valence-electron chi connectivity index (χ1n) is 9.78. The second kappa shape index (κ2) is 11.2. The summed E-state index contributed by atoms with van der Waals surface area (Å²) in [6.07, 6.45) is 7.53. The number of allylic oxidation sites excluding steroid dienone is 2. The zero-order valence-electron chi connectivity index (χ0n) is 18.8. The molecule has 1 N–H and O–H groups in total. The first kappa shape index (κ1) is 26.5. The zero-order chi connectivity index (χ0) is 22.4. The van der Waals surface area contributed by atoms with Gasteiger partial charge in [0.05, 0.1) is 0 Å². The van der Waals surface area contributed by atoms with Crippen molar-refractivity contribution in [1.29, 1.82) is 0 Å². The number of ketones is 1. The van der Waals surface area contributed by atoms with Crippen LogP contribution in [-0.4, -0.2) is 20.9 Å². The third kappa shape index (κ3) is 8.60. The van der Waals surface area contributed by atoms with E-state index in [0.29, 0.717) is 11.6 Å². The second-order valence-electron chi connectivity index (χ2n) is 8.98. The van der Waals surface area contributed by atoms with E-state index in [2.05, 4.69) is 16.2 Å². The summed E-state index contributed by atoms with van der Waals surface area (Å²) in [5, 5.41) is 11.8. The number of carbonyl (C=O) groups excluding carboxylic acids is 1. The molecule has 2 aromatic heterocycles. The fourth-order valence-corrected chi connectivity index (χ4v) is 2.16. The summed E-state index contributed by atoms with van der Waals surface area (Å²) < 4.78 is 5.56. The third-order valence-electron chi connectivity index (χ3n) is 4.18. The molecule has 1 aromatic carbocycles. The molecule has 0 amide bonds. The van der Waals surface area contributed by atoms with E-state index in [0.717, 1.165) is 10.8 Å². The smallest absolute Gasteiger partial charge is 0.217 e. The molecule has 6 heteroatoms. The van der Waals surface area contributed by atoms with Gasteiger partial charge >= 0.3 is 0 Å². The van der Waals surface area contributed by atoms with Crippen molar-refractivity contribution < 1.29 is 34.7 Å². The number of aliphatic hydroxyl groups is 1. The number of ether oxygens (including phenoxy) is 1. The van der Waals surface area contributed by atoms with Crippen LogP contribution >= 0.6 is 0 Å². The Balaban J connectivity index is 0.000000314. The molecule has 0 aliphatic carbocycles. The fourth-order valence-electron chi connectivity index (χ4n) is 2.16. The minimum absolute atomic E-state index is 0. The predicted molar refractivity (Wildman–Crippen MR) is 120 cm³/mol. The van der Waals surface area contributed by atoms with Crippen molar-refractivity contribution in [2.75, 3.05) is 0 Å². The van der Waals surface area contributed by atoms with Crippen LogP contribution in [0.15, 0.2) is 66.7 Å². The Kier molecular flexibility index (Phi) is 9.54. The minimum Gasteiger partial charge on any atom is -0.512 e. The molecule has 3 rings (SSSR count). The number of pyridine rings is 2. The number of fused-ring (bicyclic) bond motifs is 1. The SMILES string of the molecule is CC(C)(C)C(=O)/C=C(\O)C(C)(C)C.[Ir].[c-]1ncccc1Oc1cc2ccccc2cn1. The van der Waals surface area contributed by atoms with E-state index in [-0.39, 0.29) is 37.1 Å². The van der Waals surface area contributed by atoms with Crippen LogP contribution in [0.1, 0.15) is 41.5 Å². The number of hydrogen-bond donors (Lipinski definition) is 1. The molecule has 0 aliphatic rings. The summed E-state index contributed by atoms with van der Waals surface area (Å²) in [5.74, 6) is 1.22. The topological polar surface area (TPSA) is 72.3 Å². The van der Waals surface area contributed by atoms with Crippen molar-refractivity contribution >= 4 is 16.6 Å². The van der Waals surface area contributed by atoms with Crippen molar-refractivity contribution in [3.05, 3.63) is 72.9 Å². The first-order valence-corrected chi connectivity index (χ1v) is 9.78. The van der Waals surface area contributed by atoms with Crippen LogP contribution in [0.2, 0.25) is 0 Å². The van der Waals surface area contributed by atoms with Gasteiger partial charge in [-0.15, -0.1) is 6.07 Å². The van der Waals surface area contributed by atoms with Crippen molar-refractivity contribution in [3.63, 3.8) is 0 Å². The zero-order valence-corrected chi connectivity index (χ0v) is 21.2. The van der Waals surface area contributed by atoms with Crippen molar-refractivity contribution in [1.82, 2.24) is 9.97 Å². The minimum atomic E-state index is -0.417. The summed E-state index contributed by atoms with van der Waals surface area (Å²) in [4.78, 5) is 19.6. The van der Waals surface area contributed by atoms with Gasteiger partial charge in [-0.1, -0.05) is 72.0 Å². The number of benzene rings is 1. The van der Waals surface area contributed by atoms with Gasteiger partial charge in [-0.3, -0.25) is 4.79 Å². The molecular formula is C25H29IrN2O3-. The van der Waals surface area contributed by atoms with E-state index in [1.165, 1.54) is 6.08 Å². The molecule has 0 aliphatic heterocycles. The molecule has 0 spiro atoms. The normalized spacial score (nSPS) is 11.7. The number of aliphatic hydroxyl groups excluding tert-OH is 1. The van der Waals surface area contributed by atoms with E-state index in [4.69, 9.17) is 4.74 Å². The predicted octanol–water partition coefficient (Wildman–Crippen LogP) is 6.31. The summed E-state index contributed by atoms with van der Waals surface area (Å²) in [6.45, 7) is 11.1. The summed E-state index contributed by atoms with van der Waals surface area (Å²) in [5.41, 5.74) is -0.764. The Morgan fingerprint density at radius 2 is 1.65 bits per heavy atom. The number of nitrogens with zero attached hydrogens (tertiary/aromatic N) is 2. The molecule has 2 heterocycles. The maximum atomic E-state index is 11.5. The van der Waals surface area contributed by atoms with Crippen LogP contribution in [0.3, 0.4) is 0 Å². The Hall–Kier alpha value is -2.56. The van der Waals surface area contributed by atoms with Crippen molar-refractivity contribution in [2.24, 2.45) is 10.8 Å². The van der Waals surface area contributed by atoms with Gasteiger partial charge in [0, 0.05) is 60.4 Å². The third-order valence-corrected chi connectivity index (χ3v) is 4.18. The fraction of sp³-hybridized carbons (Fsp3) is 0.320. The average Bonchev–Trinajstić information content (AvgIpc) is 2.68. The van der Waals surface area contributed by atoms with Crippen LogP contribution in [0.4, 0.5) is 0 Å². The Labute approximate surface area is 197 Å². The molecule has 0 saturated heterocycles. The van der Waals surface area contributed by atoms with Gasteiger partial charge in [0.15, 0.2) is 5.78 Å². The maximum absolute atomic E-state index is 11.5. The van der Waals surface area contributed by atoms with Crippen LogP contribution in [0.25, 0.3) is 10.8 Å². The summed E-state index contributed by atoms with van der Waals surface area (Å²) >= 11 is 0. The molecule has 167 valence electrons. The molecule has 31 heavy (non-hydrogen) atoms. The first-order chi connectivity index (χ1) is 14.0. The van der Waals surface area contributed by atoms with Crippen molar-refractivity contribution in [2.45, 2.75) is 41.5 Å².